The Balaban J connectivity index is 3.94. The summed E-state index contributed by atoms with van der Waals surface area (Å²) in [5, 5.41) is 8.51. The van der Waals surface area contributed by atoms with Crippen molar-refractivity contribution in [1.82, 2.24) is 0 Å². The summed E-state index contributed by atoms with van der Waals surface area (Å²) in [7, 11) is 0. The fourth-order valence-electron chi connectivity index (χ4n) is 0.829. The summed E-state index contributed by atoms with van der Waals surface area (Å²) < 4.78 is 5.03. The van der Waals surface area contributed by atoms with Crippen LogP contribution in [0.2, 0.25) is 0 Å². The van der Waals surface area contributed by atoms with Crippen molar-refractivity contribution in [2.24, 2.45) is 0 Å². The lowest BCUT2D eigenvalue weighted by atomic mass is 10.3. The fourth-order valence-corrected chi connectivity index (χ4v) is 0.829. The van der Waals surface area contributed by atoms with Crippen molar-refractivity contribution in [2.45, 2.75) is 33.1 Å². The van der Waals surface area contributed by atoms with Crippen molar-refractivity contribution in [2.75, 3.05) is 6.61 Å². The topological polar surface area (TPSA) is 46.5 Å². The summed E-state index contributed by atoms with van der Waals surface area (Å²) in [5.74, 6) is 0.266. The molecule has 0 aromatic rings. The van der Waals surface area contributed by atoms with E-state index >= 15 is 0 Å². The average Bonchev–Trinajstić information content (AvgIpc) is 2.21. The summed E-state index contributed by atoms with van der Waals surface area (Å²) in [4.78, 5) is 11.1. The molecule has 0 radical (unpaired) electrons. The van der Waals surface area contributed by atoms with Crippen molar-refractivity contribution < 1.29 is 14.6 Å². The number of aliphatic hydroxyl groups excluding tert-OH is 1. The van der Waals surface area contributed by atoms with Crippen molar-refractivity contribution in [3.05, 3.63) is 24.0 Å². The van der Waals surface area contributed by atoms with Crippen molar-refractivity contribution in [3.63, 3.8) is 0 Å². The molecular weight excluding hydrogens is 180 g/mol. The van der Waals surface area contributed by atoms with Gasteiger partial charge in [-0.2, -0.15) is 0 Å². The first-order valence-corrected chi connectivity index (χ1v) is 4.89. The number of carbonyl (C=O) groups excluding carboxylic acids is 1. The SMILES string of the molecule is C/C=C(\C=C/CC)OC(=O)CCCO. The first-order chi connectivity index (χ1) is 6.74. The van der Waals surface area contributed by atoms with Crippen LogP contribution in [0.5, 0.6) is 0 Å². The van der Waals surface area contributed by atoms with Crippen LogP contribution in [-0.4, -0.2) is 17.7 Å². The second-order valence-electron chi connectivity index (χ2n) is 2.80. The van der Waals surface area contributed by atoms with E-state index < -0.39 is 0 Å². The number of ether oxygens (including phenoxy) is 1. The monoisotopic (exact) mass is 198 g/mol. The molecule has 0 aliphatic heterocycles. The Kier molecular flexibility index (Phi) is 7.84. The van der Waals surface area contributed by atoms with Crippen LogP contribution in [0.4, 0.5) is 0 Å². The average molecular weight is 198 g/mol. The molecular formula is C11H18O3. The molecule has 0 rings (SSSR count). The molecule has 0 aromatic heterocycles. The molecule has 0 fully saturated rings. The zero-order chi connectivity index (χ0) is 10.8. The third kappa shape index (κ3) is 6.43. The minimum atomic E-state index is -0.298. The molecule has 1 N–H and O–H groups in total. The van der Waals surface area contributed by atoms with Crippen LogP contribution in [0.3, 0.4) is 0 Å². The first kappa shape index (κ1) is 12.9. The van der Waals surface area contributed by atoms with Gasteiger partial charge in [-0.3, -0.25) is 4.79 Å². The highest BCUT2D eigenvalue weighted by molar-refractivity contribution is 5.70. The molecule has 0 amide bonds. The Bertz CT molecular complexity index is 217. The van der Waals surface area contributed by atoms with Gasteiger partial charge in [-0.05, 0) is 31.9 Å². The number of hydrogen-bond donors (Lipinski definition) is 1. The molecule has 0 saturated heterocycles. The third-order valence-corrected chi connectivity index (χ3v) is 1.57. The van der Waals surface area contributed by atoms with Gasteiger partial charge in [-0.1, -0.05) is 13.0 Å². The van der Waals surface area contributed by atoms with Gasteiger partial charge < -0.3 is 9.84 Å². The molecule has 3 heteroatoms. The van der Waals surface area contributed by atoms with Crippen molar-refractivity contribution in [1.29, 1.82) is 0 Å². The molecule has 0 saturated carbocycles. The van der Waals surface area contributed by atoms with Crippen LogP contribution in [0.1, 0.15) is 33.1 Å². The van der Waals surface area contributed by atoms with Crippen LogP contribution in [0.25, 0.3) is 0 Å². The summed E-state index contributed by atoms with van der Waals surface area (Å²) >= 11 is 0. The molecule has 0 spiro atoms. The molecule has 80 valence electrons. The summed E-state index contributed by atoms with van der Waals surface area (Å²) in [5.41, 5.74) is 0. The highest BCUT2D eigenvalue weighted by Gasteiger charge is 2.03. The lowest BCUT2D eigenvalue weighted by Crippen LogP contribution is -2.04. The Labute approximate surface area is 85.1 Å². The Morgan fingerprint density at radius 2 is 2.21 bits per heavy atom. The zero-order valence-corrected chi connectivity index (χ0v) is 8.82. The largest absolute Gasteiger partial charge is 0.427 e. The number of aliphatic hydroxyl groups is 1. The lowest BCUT2D eigenvalue weighted by Gasteiger charge is -2.03. The molecule has 0 aliphatic carbocycles. The number of rotatable bonds is 6. The van der Waals surface area contributed by atoms with E-state index in [1.165, 1.54) is 0 Å². The molecule has 3 nitrogen and oxygen atoms in total. The van der Waals surface area contributed by atoms with Gasteiger partial charge in [0.2, 0.25) is 0 Å². The van der Waals surface area contributed by atoms with Gasteiger partial charge in [0.25, 0.3) is 0 Å². The van der Waals surface area contributed by atoms with Crippen LogP contribution < -0.4 is 0 Å². The van der Waals surface area contributed by atoms with E-state index in [1.54, 1.807) is 12.2 Å². The van der Waals surface area contributed by atoms with E-state index in [2.05, 4.69) is 0 Å². The number of allylic oxidation sites excluding steroid dienone is 3. The molecule has 0 unspecified atom stereocenters. The van der Waals surface area contributed by atoms with Crippen molar-refractivity contribution in [3.8, 4) is 0 Å². The second kappa shape index (κ2) is 8.51. The maximum Gasteiger partial charge on any atom is 0.311 e. The van der Waals surface area contributed by atoms with Gasteiger partial charge in [-0.15, -0.1) is 0 Å². The van der Waals surface area contributed by atoms with E-state index in [-0.39, 0.29) is 19.0 Å². The van der Waals surface area contributed by atoms with Crippen LogP contribution in [0.15, 0.2) is 24.0 Å². The van der Waals surface area contributed by atoms with E-state index in [1.807, 2.05) is 19.9 Å². The van der Waals surface area contributed by atoms with Crippen LogP contribution >= 0.6 is 0 Å². The van der Waals surface area contributed by atoms with E-state index in [0.717, 1.165) is 6.42 Å². The van der Waals surface area contributed by atoms with Gasteiger partial charge in [0, 0.05) is 13.0 Å². The maximum absolute atomic E-state index is 11.1. The molecule has 0 atom stereocenters. The minimum absolute atomic E-state index is 0.0189. The number of esters is 1. The zero-order valence-electron chi connectivity index (χ0n) is 8.82. The highest BCUT2D eigenvalue weighted by Crippen LogP contribution is 2.03. The Hall–Kier alpha value is -1.09. The normalized spacial score (nSPS) is 12.1. The Morgan fingerprint density at radius 3 is 2.71 bits per heavy atom. The smallest absolute Gasteiger partial charge is 0.311 e. The maximum atomic E-state index is 11.1. The quantitative estimate of drug-likeness (QED) is 0.404. The van der Waals surface area contributed by atoms with Crippen molar-refractivity contribution >= 4 is 5.97 Å². The van der Waals surface area contributed by atoms with Gasteiger partial charge in [0.1, 0.15) is 5.76 Å². The minimum Gasteiger partial charge on any atom is -0.427 e. The summed E-state index contributed by atoms with van der Waals surface area (Å²) in [6.45, 7) is 3.84. The van der Waals surface area contributed by atoms with Gasteiger partial charge in [-0.25, -0.2) is 0 Å². The Morgan fingerprint density at radius 1 is 1.50 bits per heavy atom. The van der Waals surface area contributed by atoms with E-state index in [9.17, 15) is 4.79 Å². The van der Waals surface area contributed by atoms with E-state index in [0.29, 0.717) is 12.2 Å². The predicted octanol–water partition coefficient (Wildman–Crippen LogP) is 2.17. The molecule has 0 heterocycles. The van der Waals surface area contributed by atoms with Gasteiger partial charge in [0.15, 0.2) is 0 Å². The molecule has 14 heavy (non-hydrogen) atoms. The first-order valence-electron chi connectivity index (χ1n) is 4.89. The molecule has 0 aromatic carbocycles. The van der Waals surface area contributed by atoms with Crippen LogP contribution in [0, 0.1) is 0 Å². The van der Waals surface area contributed by atoms with Gasteiger partial charge >= 0.3 is 5.97 Å². The van der Waals surface area contributed by atoms with Gasteiger partial charge in [0.05, 0.1) is 0 Å². The lowest BCUT2D eigenvalue weighted by molar-refractivity contribution is -0.139. The molecule has 0 bridgehead atoms. The van der Waals surface area contributed by atoms with E-state index in [4.69, 9.17) is 9.84 Å². The fraction of sp³-hybridized carbons (Fsp3) is 0.545. The number of hydrogen-bond acceptors (Lipinski definition) is 3. The highest BCUT2D eigenvalue weighted by atomic mass is 16.5. The predicted molar refractivity (Wildman–Crippen MR) is 55.6 cm³/mol. The van der Waals surface area contributed by atoms with Crippen LogP contribution in [-0.2, 0) is 9.53 Å². The second-order valence-corrected chi connectivity index (χ2v) is 2.80. The third-order valence-electron chi connectivity index (χ3n) is 1.57. The summed E-state index contributed by atoms with van der Waals surface area (Å²) in [6.07, 6.45) is 7.06. The summed E-state index contributed by atoms with van der Waals surface area (Å²) in [6, 6.07) is 0. The number of carbonyl (C=O) groups is 1. The standard InChI is InChI=1S/C11H18O3/c1-3-5-7-10(4-2)14-11(13)8-6-9-12/h4-5,7,12H,3,6,8-9H2,1-2H3/b7-5-,10-4+. The molecule has 0 aliphatic rings.